The fraction of sp³-hybridized carbons (Fsp3) is 0.158. The molecule has 1 heterocycles. The van der Waals surface area contributed by atoms with Crippen molar-refractivity contribution in [2.75, 3.05) is 14.2 Å². The molecule has 3 rings (SSSR count). The van der Waals surface area contributed by atoms with E-state index < -0.39 is 5.97 Å². The Morgan fingerprint density at radius 2 is 1.72 bits per heavy atom. The van der Waals surface area contributed by atoms with E-state index in [9.17, 15) is 4.79 Å². The predicted molar refractivity (Wildman–Crippen MR) is 99.0 cm³/mol. The Hall–Kier alpha value is -2.60. The minimum atomic E-state index is -0.489. The third-order valence-electron chi connectivity index (χ3n) is 3.71. The van der Waals surface area contributed by atoms with Crippen LogP contribution in [0.5, 0.6) is 11.5 Å². The summed E-state index contributed by atoms with van der Waals surface area (Å²) in [6, 6.07) is 11.2. The van der Waals surface area contributed by atoms with E-state index >= 15 is 0 Å². The molecule has 0 saturated carbocycles. The predicted octanol–water partition coefficient (Wildman–Crippen LogP) is 4.12. The van der Waals surface area contributed by atoms with Crippen LogP contribution in [-0.4, -0.2) is 26.1 Å². The Morgan fingerprint density at radius 3 is 2.36 bits per heavy atom. The summed E-state index contributed by atoms with van der Waals surface area (Å²) in [5.74, 6) is 0.964. The van der Waals surface area contributed by atoms with Crippen molar-refractivity contribution in [1.82, 2.24) is 0 Å². The fourth-order valence-corrected chi connectivity index (χ4v) is 2.79. The molecular weight excluding hydrogens is 386 g/mol. The lowest BCUT2D eigenvalue weighted by molar-refractivity contribution is -0.129. The van der Waals surface area contributed by atoms with Gasteiger partial charge >= 0.3 is 5.97 Å². The highest BCUT2D eigenvalue weighted by Crippen LogP contribution is 2.35. The molecule has 0 atom stereocenters. The van der Waals surface area contributed by atoms with Gasteiger partial charge in [0.05, 0.1) is 14.2 Å². The number of nitrogens with zero attached hydrogens (tertiary/aromatic N) is 1. The number of hydrogen-bond donors (Lipinski definition) is 0. The van der Waals surface area contributed by atoms with E-state index in [0.29, 0.717) is 17.4 Å². The lowest BCUT2D eigenvalue weighted by Gasteiger charge is -2.09. The molecule has 0 bridgehead atoms. The fourth-order valence-electron chi connectivity index (χ4n) is 2.36. The van der Waals surface area contributed by atoms with Crippen molar-refractivity contribution in [3.05, 3.63) is 63.3 Å². The zero-order chi connectivity index (χ0) is 18.0. The van der Waals surface area contributed by atoms with Crippen LogP contribution in [0, 0.1) is 6.92 Å². The van der Waals surface area contributed by atoms with Gasteiger partial charge in [-0.05, 0) is 42.8 Å². The molecule has 1 aliphatic rings. The number of benzene rings is 2. The Labute approximate surface area is 154 Å². The second-order valence-corrected chi connectivity index (χ2v) is 6.29. The van der Waals surface area contributed by atoms with Crippen LogP contribution in [0.1, 0.15) is 16.7 Å². The van der Waals surface area contributed by atoms with E-state index in [1.807, 2.05) is 31.2 Å². The molecule has 0 spiro atoms. The molecule has 0 saturated heterocycles. The zero-order valence-corrected chi connectivity index (χ0v) is 15.6. The van der Waals surface area contributed by atoms with Gasteiger partial charge in [0, 0.05) is 10.0 Å². The highest BCUT2D eigenvalue weighted by Gasteiger charge is 2.24. The van der Waals surface area contributed by atoms with Gasteiger partial charge in [-0.2, -0.15) is 0 Å². The van der Waals surface area contributed by atoms with Crippen LogP contribution in [0.3, 0.4) is 0 Å². The monoisotopic (exact) mass is 401 g/mol. The Morgan fingerprint density at radius 1 is 1.08 bits per heavy atom. The van der Waals surface area contributed by atoms with Crippen molar-refractivity contribution in [3.63, 3.8) is 0 Å². The van der Waals surface area contributed by atoms with Gasteiger partial charge in [-0.1, -0.05) is 33.6 Å². The number of cyclic esters (lactones) is 1. The summed E-state index contributed by atoms with van der Waals surface area (Å²) >= 11 is 3.47. The van der Waals surface area contributed by atoms with Crippen LogP contribution in [0.4, 0.5) is 0 Å². The number of aryl methyl sites for hydroxylation is 1. The Balaban J connectivity index is 1.98. The molecule has 0 N–H and O–H groups in total. The van der Waals surface area contributed by atoms with Gasteiger partial charge in [0.2, 0.25) is 5.90 Å². The number of esters is 1. The van der Waals surface area contributed by atoms with Crippen molar-refractivity contribution in [1.29, 1.82) is 0 Å². The molecular formula is C19H16BrNO4. The van der Waals surface area contributed by atoms with Gasteiger partial charge < -0.3 is 14.2 Å². The molecule has 128 valence electrons. The quantitative estimate of drug-likeness (QED) is 0.571. The molecule has 1 aliphatic heterocycles. The molecule has 0 aromatic heterocycles. The van der Waals surface area contributed by atoms with Crippen molar-refractivity contribution in [3.8, 4) is 11.5 Å². The van der Waals surface area contributed by atoms with Gasteiger partial charge in [-0.3, -0.25) is 0 Å². The number of carbonyl (C=O) groups excluding carboxylic acids is 1. The molecule has 0 amide bonds. The molecule has 25 heavy (non-hydrogen) atoms. The molecule has 0 radical (unpaired) electrons. The van der Waals surface area contributed by atoms with Gasteiger partial charge in [-0.25, -0.2) is 9.79 Å². The first-order chi connectivity index (χ1) is 12.0. The second kappa shape index (κ2) is 7.11. The largest absolute Gasteiger partial charge is 0.493 e. The Kier molecular flexibility index (Phi) is 4.90. The van der Waals surface area contributed by atoms with Crippen LogP contribution in [0.25, 0.3) is 6.08 Å². The van der Waals surface area contributed by atoms with Crippen LogP contribution < -0.4 is 9.47 Å². The van der Waals surface area contributed by atoms with Crippen molar-refractivity contribution >= 4 is 33.9 Å². The maximum absolute atomic E-state index is 12.1. The summed E-state index contributed by atoms with van der Waals surface area (Å²) < 4.78 is 16.6. The Bertz CT molecular complexity index is 885. The minimum absolute atomic E-state index is 0.225. The SMILES string of the molecule is COc1cc(Br)c(/C=C2/N=C(c3ccc(C)cc3)OC2=O)cc1OC. The van der Waals surface area contributed by atoms with Crippen LogP contribution in [-0.2, 0) is 9.53 Å². The summed E-state index contributed by atoms with van der Waals surface area (Å²) in [4.78, 5) is 16.5. The summed E-state index contributed by atoms with van der Waals surface area (Å²) in [7, 11) is 3.12. The first kappa shape index (κ1) is 17.2. The smallest absolute Gasteiger partial charge is 0.363 e. The number of methoxy groups -OCH3 is 2. The highest BCUT2D eigenvalue weighted by atomic mass is 79.9. The third-order valence-corrected chi connectivity index (χ3v) is 4.40. The molecule has 2 aromatic rings. The molecule has 6 heteroatoms. The average Bonchev–Trinajstić information content (AvgIpc) is 2.97. The number of halogens is 1. The van der Waals surface area contributed by atoms with Gasteiger partial charge in [0.1, 0.15) is 0 Å². The normalized spacial score (nSPS) is 15.1. The molecule has 0 fully saturated rings. The van der Waals surface area contributed by atoms with E-state index in [4.69, 9.17) is 14.2 Å². The summed E-state index contributed by atoms with van der Waals surface area (Å²) in [5.41, 5.74) is 2.84. The van der Waals surface area contributed by atoms with E-state index in [0.717, 1.165) is 21.2 Å². The van der Waals surface area contributed by atoms with Crippen molar-refractivity contribution < 1.29 is 19.0 Å². The highest BCUT2D eigenvalue weighted by molar-refractivity contribution is 9.10. The van der Waals surface area contributed by atoms with E-state index in [1.165, 1.54) is 0 Å². The van der Waals surface area contributed by atoms with E-state index in [-0.39, 0.29) is 5.70 Å². The molecule has 2 aromatic carbocycles. The molecule has 0 aliphatic carbocycles. The minimum Gasteiger partial charge on any atom is -0.493 e. The van der Waals surface area contributed by atoms with Crippen molar-refractivity contribution in [2.45, 2.75) is 6.92 Å². The van der Waals surface area contributed by atoms with E-state index in [1.54, 1.807) is 32.4 Å². The summed E-state index contributed by atoms with van der Waals surface area (Å²) in [6.07, 6.45) is 1.65. The zero-order valence-electron chi connectivity index (χ0n) is 14.0. The molecule has 0 unspecified atom stereocenters. The maximum Gasteiger partial charge on any atom is 0.363 e. The lowest BCUT2D eigenvalue weighted by atomic mass is 10.1. The van der Waals surface area contributed by atoms with Gasteiger partial charge in [-0.15, -0.1) is 0 Å². The van der Waals surface area contributed by atoms with Crippen LogP contribution >= 0.6 is 15.9 Å². The average molecular weight is 402 g/mol. The van der Waals surface area contributed by atoms with Gasteiger partial charge in [0.15, 0.2) is 17.2 Å². The second-order valence-electron chi connectivity index (χ2n) is 5.43. The summed E-state index contributed by atoms with van der Waals surface area (Å²) in [5, 5.41) is 0. The van der Waals surface area contributed by atoms with Crippen LogP contribution in [0.15, 0.2) is 51.6 Å². The number of hydrogen-bond acceptors (Lipinski definition) is 5. The standard InChI is InChI=1S/C19H16BrNO4/c1-11-4-6-12(7-5-11)18-21-15(19(22)25-18)8-13-9-16(23-2)17(24-3)10-14(13)20/h4-10H,1-3H3/b15-8+. The summed E-state index contributed by atoms with van der Waals surface area (Å²) in [6.45, 7) is 1.99. The van der Waals surface area contributed by atoms with E-state index in [2.05, 4.69) is 20.9 Å². The number of ether oxygens (including phenoxy) is 3. The number of carbonyl (C=O) groups is 1. The third kappa shape index (κ3) is 3.58. The van der Waals surface area contributed by atoms with Crippen LogP contribution in [0.2, 0.25) is 0 Å². The number of aliphatic imine (C=N–C) groups is 1. The first-order valence-corrected chi connectivity index (χ1v) is 8.32. The first-order valence-electron chi connectivity index (χ1n) is 7.53. The lowest BCUT2D eigenvalue weighted by Crippen LogP contribution is -2.05. The van der Waals surface area contributed by atoms with Crippen molar-refractivity contribution in [2.24, 2.45) is 4.99 Å². The topological polar surface area (TPSA) is 57.1 Å². The van der Waals surface area contributed by atoms with Gasteiger partial charge in [0.25, 0.3) is 0 Å². The maximum atomic E-state index is 12.1. The number of rotatable bonds is 4. The molecule has 5 nitrogen and oxygen atoms in total.